The van der Waals surface area contributed by atoms with Crippen molar-refractivity contribution in [3.63, 3.8) is 0 Å². The second kappa shape index (κ2) is 7.58. The predicted molar refractivity (Wildman–Crippen MR) is 83.8 cm³/mol. The second-order valence-electron chi connectivity index (χ2n) is 5.89. The van der Waals surface area contributed by atoms with E-state index in [1.165, 1.54) is 32.4 Å². The number of piperidine rings is 1. The van der Waals surface area contributed by atoms with E-state index < -0.39 is 0 Å². The van der Waals surface area contributed by atoms with Gasteiger partial charge >= 0.3 is 0 Å². The third-order valence-electron chi connectivity index (χ3n) is 4.00. The van der Waals surface area contributed by atoms with Crippen LogP contribution in [0.15, 0.2) is 6.07 Å². The van der Waals surface area contributed by atoms with Crippen molar-refractivity contribution >= 4 is 5.82 Å². The van der Waals surface area contributed by atoms with Crippen molar-refractivity contribution in [3.8, 4) is 0 Å². The molecule has 0 aliphatic carbocycles. The first kappa shape index (κ1) is 15.2. The van der Waals surface area contributed by atoms with Crippen LogP contribution in [0, 0.1) is 12.8 Å². The molecule has 1 aromatic heterocycles. The largest absolute Gasteiger partial charge is 0.370 e. The third kappa shape index (κ3) is 4.44. The average Bonchev–Trinajstić information content (AvgIpc) is 2.44. The van der Waals surface area contributed by atoms with Crippen LogP contribution in [0.3, 0.4) is 0 Å². The van der Waals surface area contributed by atoms with E-state index in [-0.39, 0.29) is 0 Å². The minimum absolute atomic E-state index is 0.853. The predicted octanol–water partition coefficient (Wildman–Crippen LogP) is 3.23. The van der Waals surface area contributed by atoms with Crippen LogP contribution in [0.4, 0.5) is 5.82 Å². The average molecular weight is 276 g/mol. The van der Waals surface area contributed by atoms with Gasteiger partial charge in [0.1, 0.15) is 11.6 Å². The maximum absolute atomic E-state index is 4.65. The van der Waals surface area contributed by atoms with Crippen LogP contribution < -0.4 is 5.32 Å². The molecule has 1 unspecified atom stereocenters. The second-order valence-corrected chi connectivity index (χ2v) is 5.89. The Morgan fingerprint density at radius 3 is 2.95 bits per heavy atom. The van der Waals surface area contributed by atoms with E-state index in [1.807, 2.05) is 13.0 Å². The highest BCUT2D eigenvalue weighted by molar-refractivity contribution is 5.35. The van der Waals surface area contributed by atoms with Crippen LogP contribution in [-0.4, -0.2) is 34.5 Å². The van der Waals surface area contributed by atoms with E-state index in [0.717, 1.165) is 42.8 Å². The standard InChI is InChI=1S/C16H28N4/c1-4-8-17-15-10-13(3)18-16(19-15)12-20-9-6-7-14(5-2)11-20/h10,14H,4-9,11-12H2,1-3H3,(H,17,18,19). The van der Waals surface area contributed by atoms with E-state index in [9.17, 15) is 0 Å². The fourth-order valence-corrected chi connectivity index (χ4v) is 2.87. The van der Waals surface area contributed by atoms with Crippen molar-refractivity contribution in [1.29, 1.82) is 0 Å². The Bertz CT molecular complexity index is 419. The molecule has 1 aliphatic rings. The lowest BCUT2D eigenvalue weighted by Gasteiger charge is -2.31. The first-order valence-electron chi connectivity index (χ1n) is 8.02. The molecule has 4 heteroatoms. The zero-order chi connectivity index (χ0) is 14.4. The highest BCUT2D eigenvalue weighted by Crippen LogP contribution is 2.20. The minimum Gasteiger partial charge on any atom is -0.370 e. The number of aryl methyl sites for hydroxylation is 1. The van der Waals surface area contributed by atoms with Gasteiger partial charge in [0.2, 0.25) is 0 Å². The molecule has 1 fully saturated rings. The summed E-state index contributed by atoms with van der Waals surface area (Å²) in [6.07, 6.45) is 5.09. The molecule has 2 rings (SSSR count). The SMILES string of the molecule is CCCNc1cc(C)nc(CN2CCCC(CC)C2)n1. The van der Waals surface area contributed by atoms with Gasteiger partial charge in [-0.3, -0.25) is 4.90 Å². The number of rotatable bonds is 6. The third-order valence-corrected chi connectivity index (χ3v) is 4.00. The summed E-state index contributed by atoms with van der Waals surface area (Å²) in [7, 11) is 0. The Kier molecular flexibility index (Phi) is 5.77. The van der Waals surface area contributed by atoms with Gasteiger partial charge in [0.15, 0.2) is 0 Å². The zero-order valence-electron chi connectivity index (χ0n) is 13.2. The van der Waals surface area contributed by atoms with Crippen LogP contribution in [0.1, 0.15) is 51.0 Å². The van der Waals surface area contributed by atoms with Gasteiger partial charge in [0, 0.05) is 24.8 Å². The molecule has 112 valence electrons. The monoisotopic (exact) mass is 276 g/mol. The molecule has 0 spiro atoms. The Morgan fingerprint density at radius 1 is 1.35 bits per heavy atom. The maximum atomic E-state index is 4.65. The quantitative estimate of drug-likeness (QED) is 0.866. The molecular formula is C16H28N4. The molecule has 1 N–H and O–H groups in total. The molecule has 1 aromatic rings. The Labute approximate surface area is 123 Å². The summed E-state index contributed by atoms with van der Waals surface area (Å²) in [6, 6.07) is 2.03. The molecule has 0 saturated carbocycles. The van der Waals surface area contributed by atoms with Gasteiger partial charge < -0.3 is 5.32 Å². The smallest absolute Gasteiger partial charge is 0.144 e. The normalized spacial score (nSPS) is 20.1. The van der Waals surface area contributed by atoms with Gasteiger partial charge in [-0.1, -0.05) is 20.3 Å². The lowest BCUT2D eigenvalue weighted by molar-refractivity contribution is 0.161. The van der Waals surface area contributed by atoms with Gasteiger partial charge in [-0.25, -0.2) is 9.97 Å². The van der Waals surface area contributed by atoms with Crippen LogP contribution in [0.25, 0.3) is 0 Å². The van der Waals surface area contributed by atoms with Crippen molar-refractivity contribution in [1.82, 2.24) is 14.9 Å². The molecule has 1 atom stereocenters. The van der Waals surface area contributed by atoms with Gasteiger partial charge in [0.25, 0.3) is 0 Å². The van der Waals surface area contributed by atoms with E-state index >= 15 is 0 Å². The van der Waals surface area contributed by atoms with E-state index in [1.54, 1.807) is 0 Å². The van der Waals surface area contributed by atoms with E-state index in [2.05, 4.69) is 34.0 Å². The summed E-state index contributed by atoms with van der Waals surface area (Å²) in [5.74, 6) is 2.78. The topological polar surface area (TPSA) is 41.1 Å². The Morgan fingerprint density at radius 2 is 2.20 bits per heavy atom. The number of aromatic nitrogens is 2. The van der Waals surface area contributed by atoms with E-state index in [4.69, 9.17) is 0 Å². The Hall–Kier alpha value is -1.16. The fraction of sp³-hybridized carbons (Fsp3) is 0.750. The summed E-state index contributed by atoms with van der Waals surface area (Å²) >= 11 is 0. The molecular weight excluding hydrogens is 248 g/mol. The van der Waals surface area contributed by atoms with Crippen molar-refractivity contribution in [2.45, 2.75) is 53.0 Å². The number of nitrogens with one attached hydrogen (secondary N) is 1. The van der Waals surface area contributed by atoms with Crippen LogP contribution in [0.2, 0.25) is 0 Å². The van der Waals surface area contributed by atoms with Crippen molar-refractivity contribution in [2.24, 2.45) is 5.92 Å². The zero-order valence-corrected chi connectivity index (χ0v) is 13.2. The first-order chi connectivity index (χ1) is 9.71. The van der Waals surface area contributed by atoms with Gasteiger partial charge in [-0.05, 0) is 38.6 Å². The number of hydrogen-bond acceptors (Lipinski definition) is 4. The number of anilines is 1. The Balaban J connectivity index is 1.99. The molecule has 0 amide bonds. The summed E-state index contributed by atoms with van der Waals surface area (Å²) in [6.45, 7) is 10.8. The molecule has 4 nitrogen and oxygen atoms in total. The van der Waals surface area contributed by atoms with Crippen molar-refractivity contribution in [3.05, 3.63) is 17.6 Å². The molecule has 1 aliphatic heterocycles. The minimum atomic E-state index is 0.853. The summed E-state index contributed by atoms with van der Waals surface area (Å²) in [5, 5.41) is 3.36. The molecule has 0 radical (unpaired) electrons. The summed E-state index contributed by atoms with van der Waals surface area (Å²) in [5.41, 5.74) is 1.05. The summed E-state index contributed by atoms with van der Waals surface area (Å²) < 4.78 is 0. The molecule has 2 heterocycles. The molecule has 1 saturated heterocycles. The van der Waals surface area contributed by atoms with Crippen LogP contribution in [-0.2, 0) is 6.54 Å². The lowest BCUT2D eigenvalue weighted by atomic mass is 9.96. The molecule has 0 bridgehead atoms. The van der Waals surface area contributed by atoms with Gasteiger partial charge in [-0.15, -0.1) is 0 Å². The van der Waals surface area contributed by atoms with Gasteiger partial charge in [0.05, 0.1) is 6.54 Å². The van der Waals surface area contributed by atoms with Crippen LogP contribution in [0.5, 0.6) is 0 Å². The van der Waals surface area contributed by atoms with E-state index in [0.29, 0.717) is 0 Å². The van der Waals surface area contributed by atoms with Gasteiger partial charge in [-0.2, -0.15) is 0 Å². The number of nitrogens with zero attached hydrogens (tertiary/aromatic N) is 3. The fourth-order valence-electron chi connectivity index (χ4n) is 2.87. The first-order valence-corrected chi connectivity index (χ1v) is 8.02. The van der Waals surface area contributed by atoms with Crippen molar-refractivity contribution in [2.75, 3.05) is 25.0 Å². The highest BCUT2D eigenvalue weighted by Gasteiger charge is 2.19. The number of hydrogen-bond donors (Lipinski definition) is 1. The maximum Gasteiger partial charge on any atom is 0.144 e. The molecule has 0 aromatic carbocycles. The lowest BCUT2D eigenvalue weighted by Crippen LogP contribution is -2.35. The van der Waals surface area contributed by atoms with Crippen molar-refractivity contribution < 1.29 is 0 Å². The van der Waals surface area contributed by atoms with Crippen LogP contribution >= 0.6 is 0 Å². The number of likely N-dealkylation sites (tertiary alicyclic amines) is 1. The molecule has 20 heavy (non-hydrogen) atoms. The summed E-state index contributed by atoms with van der Waals surface area (Å²) in [4.78, 5) is 11.8. The highest BCUT2D eigenvalue weighted by atomic mass is 15.2.